The lowest BCUT2D eigenvalue weighted by Crippen LogP contribution is -2.01. The highest BCUT2D eigenvalue weighted by molar-refractivity contribution is 7.20. The van der Waals surface area contributed by atoms with Crippen LogP contribution in [0.3, 0.4) is 0 Å². The first kappa shape index (κ1) is 11.3. The molecule has 7 heteroatoms. The molecule has 6 nitrogen and oxygen atoms in total. The third kappa shape index (κ3) is 1.56. The molecule has 0 bridgehead atoms. The number of thiazole rings is 1. The van der Waals surface area contributed by atoms with Gasteiger partial charge >= 0.3 is 0 Å². The van der Waals surface area contributed by atoms with Crippen molar-refractivity contribution in [3.8, 4) is 5.13 Å². The first-order valence-electron chi connectivity index (χ1n) is 6.06. The van der Waals surface area contributed by atoms with Crippen LogP contribution in [0.4, 0.5) is 5.82 Å². The lowest BCUT2D eigenvalue weighted by Gasteiger charge is -1.99. The maximum Gasteiger partial charge on any atom is 0.213 e. The molecule has 4 aromatic rings. The summed E-state index contributed by atoms with van der Waals surface area (Å²) in [6, 6.07) is 7.99. The molecular formula is C13H10N6S. The van der Waals surface area contributed by atoms with Crippen LogP contribution in [0.15, 0.2) is 30.5 Å². The van der Waals surface area contributed by atoms with Crippen molar-refractivity contribution in [2.24, 2.45) is 0 Å². The molecule has 0 aliphatic rings. The first-order valence-corrected chi connectivity index (χ1v) is 6.88. The molecular weight excluding hydrogens is 272 g/mol. The Kier molecular flexibility index (Phi) is 2.25. The fourth-order valence-electron chi connectivity index (χ4n) is 2.13. The summed E-state index contributed by atoms with van der Waals surface area (Å²) in [4.78, 5) is 13.1. The van der Waals surface area contributed by atoms with Gasteiger partial charge in [-0.3, -0.25) is 0 Å². The van der Waals surface area contributed by atoms with Gasteiger partial charge < -0.3 is 5.73 Å². The number of aryl methyl sites for hydroxylation is 1. The Morgan fingerprint density at radius 2 is 2.00 bits per heavy atom. The van der Waals surface area contributed by atoms with Crippen LogP contribution in [0, 0.1) is 6.92 Å². The van der Waals surface area contributed by atoms with Crippen molar-refractivity contribution in [1.29, 1.82) is 0 Å². The second kappa shape index (κ2) is 3.97. The van der Waals surface area contributed by atoms with Crippen LogP contribution in [0.1, 0.15) is 5.82 Å². The molecule has 4 rings (SSSR count). The van der Waals surface area contributed by atoms with Crippen molar-refractivity contribution in [1.82, 2.24) is 24.7 Å². The van der Waals surface area contributed by atoms with Crippen LogP contribution in [0.5, 0.6) is 0 Å². The molecule has 1 aromatic carbocycles. The smallest absolute Gasteiger partial charge is 0.213 e. The molecule has 0 saturated carbocycles. The van der Waals surface area contributed by atoms with Gasteiger partial charge in [0.05, 0.1) is 21.8 Å². The summed E-state index contributed by atoms with van der Waals surface area (Å²) in [6.45, 7) is 1.81. The van der Waals surface area contributed by atoms with Crippen molar-refractivity contribution in [3.05, 3.63) is 36.3 Å². The highest BCUT2D eigenvalue weighted by Crippen LogP contribution is 2.27. The van der Waals surface area contributed by atoms with E-state index < -0.39 is 0 Å². The summed E-state index contributed by atoms with van der Waals surface area (Å²) in [7, 11) is 0. The van der Waals surface area contributed by atoms with Gasteiger partial charge in [-0.25, -0.2) is 15.0 Å². The zero-order valence-corrected chi connectivity index (χ0v) is 11.4. The predicted molar refractivity (Wildman–Crippen MR) is 79.0 cm³/mol. The molecule has 3 aromatic heterocycles. The summed E-state index contributed by atoms with van der Waals surface area (Å²) in [5.41, 5.74) is 7.54. The summed E-state index contributed by atoms with van der Waals surface area (Å²) < 4.78 is 2.83. The number of rotatable bonds is 1. The van der Waals surface area contributed by atoms with Crippen LogP contribution in [0.2, 0.25) is 0 Å². The number of hydrogen-bond acceptors (Lipinski definition) is 6. The average Bonchev–Trinajstić information content (AvgIpc) is 3.00. The minimum absolute atomic E-state index is 0.444. The van der Waals surface area contributed by atoms with Crippen LogP contribution < -0.4 is 5.73 Å². The Morgan fingerprint density at radius 1 is 1.15 bits per heavy atom. The number of fused-ring (bicyclic) bond motifs is 2. The largest absolute Gasteiger partial charge is 0.383 e. The summed E-state index contributed by atoms with van der Waals surface area (Å²) >= 11 is 1.57. The van der Waals surface area contributed by atoms with Gasteiger partial charge in [0.15, 0.2) is 5.65 Å². The van der Waals surface area contributed by atoms with Gasteiger partial charge in [0.25, 0.3) is 0 Å². The Balaban J connectivity index is 2.02. The molecule has 0 spiro atoms. The molecule has 98 valence electrons. The summed E-state index contributed by atoms with van der Waals surface area (Å²) in [6.07, 6.45) is 1.68. The molecule has 0 aliphatic heterocycles. The first-order chi connectivity index (χ1) is 9.72. The Labute approximate surface area is 117 Å². The number of para-hydroxylation sites is 1. The molecule has 20 heavy (non-hydrogen) atoms. The second-order valence-corrected chi connectivity index (χ2v) is 5.42. The quantitative estimate of drug-likeness (QED) is 0.579. The van der Waals surface area contributed by atoms with Gasteiger partial charge in [-0.1, -0.05) is 23.5 Å². The fraction of sp³-hybridized carbons (Fsp3) is 0.0769. The van der Waals surface area contributed by atoms with E-state index in [4.69, 9.17) is 5.73 Å². The number of hydrogen-bond donors (Lipinski definition) is 1. The van der Waals surface area contributed by atoms with E-state index in [-0.39, 0.29) is 0 Å². The van der Waals surface area contributed by atoms with Gasteiger partial charge in [-0.2, -0.15) is 9.78 Å². The van der Waals surface area contributed by atoms with E-state index in [1.807, 2.05) is 31.2 Å². The van der Waals surface area contributed by atoms with E-state index in [1.165, 1.54) is 0 Å². The molecule has 0 fully saturated rings. The Bertz CT molecular complexity index is 905. The van der Waals surface area contributed by atoms with Gasteiger partial charge in [-0.05, 0) is 19.1 Å². The summed E-state index contributed by atoms with van der Waals surface area (Å²) in [5, 5.41) is 5.87. The number of aromatic nitrogens is 5. The molecule has 0 amide bonds. The van der Waals surface area contributed by atoms with Gasteiger partial charge in [0.2, 0.25) is 5.13 Å². The number of nitrogens with zero attached hydrogens (tertiary/aromatic N) is 5. The molecule has 0 aliphatic carbocycles. The Morgan fingerprint density at radius 3 is 2.85 bits per heavy atom. The predicted octanol–water partition coefficient (Wildman–Crippen LogP) is 2.32. The van der Waals surface area contributed by atoms with E-state index in [0.717, 1.165) is 20.7 Å². The third-order valence-corrected chi connectivity index (χ3v) is 4.05. The van der Waals surface area contributed by atoms with Crippen LogP contribution in [-0.4, -0.2) is 24.7 Å². The normalized spacial score (nSPS) is 11.4. The summed E-state index contributed by atoms with van der Waals surface area (Å²) in [5.74, 6) is 1.07. The van der Waals surface area contributed by atoms with E-state index in [1.54, 1.807) is 22.2 Å². The van der Waals surface area contributed by atoms with Gasteiger partial charge in [-0.15, -0.1) is 0 Å². The molecule has 0 atom stereocenters. The van der Waals surface area contributed by atoms with E-state index in [0.29, 0.717) is 17.3 Å². The zero-order chi connectivity index (χ0) is 13.7. The minimum Gasteiger partial charge on any atom is -0.383 e. The zero-order valence-electron chi connectivity index (χ0n) is 10.6. The van der Waals surface area contributed by atoms with Crippen molar-refractivity contribution >= 4 is 38.4 Å². The lowest BCUT2D eigenvalue weighted by atomic mass is 10.3. The van der Waals surface area contributed by atoms with Crippen LogP contribution >= 0.6 is 11.3 Å². The van der Waals surface area contributed by atoms with E-state index >= 15 is 0 Å². The maximum atomic E-state index is 5.90. The highest BCUT2D eigenvalue weighted by atomic mass is 32.1. The van der Waals surface area contributed by atoms with Crippen LogP contribution in [0.25, 0.3) is 26.4 Å². The standard InChI is InChI=1S/C13H10N6S/c1-7-16-11(14)8-6-15-19(12(8)17-7)13-18-9-4-2-3-5-10(9)20-13/h2-6H,1H3,(H2,14,16,17). The average molecular weight is 282 g/mol. The molecule has 0 saturated heterocycles. The number of nitrogens with two attached hydrogens (primary N) is 1. The maximum absolute atomic E-state index is 5.90. The third-order valence-electron chi connectivity index (χ3n) is 3.03. The lowest BCUT2D eigenvalue weighted by molar-refractivity contribution is 0.882. The Hall–Kier alpha value is -2.54. The molecule has 0 unspecified atom stereocenters. The molecule has 2 N–H and O–H groups in total. The topological polar surface area (TPSA) is 82.5 Å². The van der Waals surface area contributed by atoms with Crippen molar-refractivity contribution in [2.45, 2.75) is 6.92 Å². The molecule has 3 heterocycles. The van der Waals surface area contributed by atoms with Crippen molar-refractivity contribution in [2.75, 3.05) is 5.73 Å². The van der Waals surface area contributed by atoms with Crippen molar-refractivity contribution in [3.63, 3.8) is 0 Å². The van der Waals surface area contributed by atoms with Crippen LogP contribution in [-0.2, 0) is 0 Å². The number of nitrogen functional groups attached to an aromatic ring is 1. The second-order valence-electron chi connectivity index (χ2n) is 4.41. The monoisotopic (exact) mass is 282 g/mol. The number of anilines is 1. The SMILES string of the molecule is Cc1nc(N)c2cnn(-c3nc4ccccc4s3)c2n1. The number of benzene rings is 1. The fourth-order valence-corrected chi connectivity index (χ4v) is 3.06. The minimum atomic E-state index is 0.444. The van der Waals surface area contributed by atoms with E-state index in [2.05, 4.69) is 20.1 Å². The van der Waals surface area contributed by atoms with E-state index in [9.17, 15) is 0 Å². The molecule has 0 radical (unpaired) electrons. The van der Waals surface area contributed by atoms with Crippen molar-refractivity contribution < 1.29 is 0 Å². The van der Waals surface area contributed by atoms with Gasteiger partial charge in [0.1, 0.15) is 11.6 Å². The highest BCUT2D eigenvalue weighted by Gasteiger charge is 2.13. The van der Waals surface area contributed by atoms with Gasteiger partial charge in [0, 0.05) is 0 Å².